The van der Waals surface area contributed by atoms with Crippen LogP contribution in [0.2, 0.25) is 0 Å². The lowest BCUT2D eigenvalue weighted by molar-refractivity contribution is 0.0724. The first kappa shape index (κ1) is 19.5. The zero-order chi connectivity index (χ0) is 20.1. The number of para-hydroxylation sites is 1. The van der Waals surface area contributed by atoms with Crippen LogP contribution in [0.1, 0.15) is 33.8 Å². The van der Waals surface area contributed by atoms with Crippen LogP contribution in [0.4, 0.5) is 5.69 Å². The van der Waals surface area contributed by atoms with E-state index in [1.54, 1.807) is 24.6 Å². The first-order valence-electron chi connectivity index (χ1n) is 9.89. The van der Waals surface area contributed by atoms with Crippen molar-refractivity contribution >= 4 is 22.9 Å². The highest BCUT2D eigenvalue weighted by molar-refractivity contribution is 7.09. The Morgan fingerprint density at radius 2 is 1.97 bits per heavy atom. The van der Waals surface area contributed by atoms with Crippen molar-refractivity contribution in [3.8, 4) is 5.75 Å². The van der Waals surface area contributed by atoms with Crippen LogP contribution in [-0.4, -0.2) is 36.0 Å². The Labute approximate surface area is 175 Å². The number of ether oxygens (including phenoxy) is 1. The maximum absolute atomic E-state index is 13.5. The van der Waals surface area contributed by atoms with E-state index < -0.39 is 0 Å². The van der Waals surface area contributed by atoms with Gasteiger partial charge in [-0.2, -0.15) is 0 Å². The summed E-state index contributed by atoms with van der Waals surface area (Å²) in [5, 5.41) is 2.04. The average Bonchev–Trinajstić information content (AvgIpc) is 3.47. The zero-order valence-electron chi connectivity index (χ0n) is 16.6. The normalized spacial score (nSPS) is 13.5. The summed E-state index contributed by atoms with van der Waals surface area (Å²) in [5.41, 5.74) is 2.55. The fraction of sp³-hybridized carbons (Fsp3) is 0.304. The van der Waals surface area contributed by atoms with Crippen molar-refractivity contribution in [2.75, 3.05) is 25.1 Å². The molecule has 1 fully saturated rings. The SMILES string of the molecule is COc1ccccc1CN(Cc1cccs1)C(=O)c1cc(N2CCCC2)ccn1. The molecule has 3 aromatic rings. The van der Waals surface area contributed by atoms with E-state index >= 15 is 0 Å². The molecule has 150 valence electrons. The maximum atomic E-state index is 13.5. The molecule has 2 aromatic heterocycles. The van der Waals surface area contributed by atoms with Crippen molar-refractivity contribution < 1.29 is 9.53 Å². The van der Waals surface area contributed by atoms with Gasteiger partial charge in [0.15, 0.2) is 0 Å². The standard InChI is InChI=1S/C23H25N3O2S/c1-28-22-9-3-2-7-18(22)16-26(17-20-8-6-14-29-20)23(27)21-15-19(10-11-24-21)25-12-4-5-13-25/h2-3,6-11,14-15H,4-5,12-13,16-17H2,1H3. The minimum atomic E-state index is -0.0645. The number of rotatable bonds is 7. The molecule has 29 heavy (non-hydrogen) atoms. The molecule has 3 heterocycles. The summed E-state index contributed by atoms with van der Waals surface area (Å²) in [6.07, 6.45) is 4.14. The van der Waals surface area contributed by atoms with E-state index in [4.69, 9.17) is 4.74 Å². The quantitative estimate of drug-likeness (QED) is 0.574. The van der Waals surface area contributed by atoms with Gasteiger partial charge in [-0.3, -0.25) is 9.78 Å². The molecule has 0 radical (unpaired) electrons. The van der Waals surface area contributed by atoms with Crippen LogP contribution in [0.25, 0.3) is 0 Å². The lowest BCUT2D eigenvalue weighted by atomic mass is 10.1. The van der Waals surface area contributed by atoms with E-state index in [0.717, 1.165) is 35.0 Å². The first-order valence-corrected chi connectivity index (χ1v) is 10.8. The lowest BCUT2D eigenvalue weighted by Crippen LogP contribution is -2.31. The van der Waals surface area contributed by atoms with Crippen LogP contribution in [-0.2, 0) is 13.1 Å². The van der Waals surface area contributed by atoms with Crippen LogP contribution in [0.3, 0.4) is 0 Å². The largest absolute Gasteiger partial charge is 0.496 e. The topological polar surface area (TPSA) is 45.7 Å². The second-order valence-corrected chi connectivity index (χ2v) is 8.18. The molecule has 1 aromatic carbocycles. The molecule has 0 unspecified atom stereocenters. The van der Waals surface area contributed by atoms with Crippen LogP contribution in [0.15, 0.2) is 60.1 Å². The van der Waals surface area contributed by atoms with E-state index in [2.05, 4.69) is 16.0 Å². The van der Waals surface area contributed by atoms with Gasteiger partial charge in [0.2, 0.25) is 0 Å². The van der Waals surface area contributed by atoms with Gasteiger partial charge in [-0.05, 0) is 42.5 Å². The summed E-state index contributed by atoms with van der Waals surface area (Å²) < 4.78 is 5.50. The van der Waals surface area contributed by atoms with Gasteiger partial charge in [-0.15, -0.1) is 11.3 Å². The predicted molar refractivity (Wildman–Crippen MR) is 117 cm³/mol. The Morgan fingerprint density at radius 3 is 2.72 bits per heavy atom. The number of thiophene rings is 1. The summed E-state index contributed by atoms with van der Waals surface area (Å²) in [6.45, 7) is 3.09. The molecular weight excluding hydrogens is 382 g/mol. The molecule has 0 spiro atoms. The lowest BCUT2D eigenvalue weighted by Gasteiger charge is -2.24. The van der Waals surface area contributed by atoms with Gasteiger partial charge < -0.3 is 14.5 Å². The zero-order valence-corrected chi connectivity index (χ0v) is 17.4. The van der Waals surface area contributed by atoms with Crippen molar-refractivity contribution in [3.05, 3.63) is 76.2 Å². The number of carbonyl (C=O) groups excluding carboxylic acids is 1. The number of carbonyl (C=O) groups is 1. The van der Waals surface area contributed by atoms with Gasteiger partial charge in [0, 0.05) is 35.4 Å². The number of nitrogens with zero attached hydrogens (tertiary/aromatic N) is 3. The van der Waals surface area contributed by atoms with Gasteiger partial charge in [-0.25, -0.2) is 0 Å². The van der Waals surface area contributed by atoms with Crippen molar-refractivity contribution in [2.45, 2.75) is 25.9 Å². The van der Waals surface area contributed by atoms with Crippen molar-refractivity contribution in [3.63, 3.8) is 0 Å². The average molecular weight is 408 g/mol. The molecule has 1 aliphatic rings. The van der Waals surface area contributed by atoms with Crippen LogP contribution < -0.4 is 9.64 Å². The minimum absolute atomic E-state index is 0.0645. The number of anilines is 1. The van der Waals surface area contributed by atoms with Crippen LogP contribution in [0, 0.1) is 0 Å². The molecule has 0 N–H and O–H groups in total. The Morgan fingerprint density at radius 1 is 1.14 bits per heavy atom. The van der Waals surface area contributed by atoms with Gasteiger partial charge in [0.1, 0.15) is 11.4 Å². The molecule has 4 rings (SSSR count). The molecule has 6 heteroatoms. The summed E-state index contributed by atoms with van der Waals surface area (Å²) in [7, 11) is 1.66. The Hall–Kier alpha value is -2.86. The number of methoxy groups -OCH3 is 1. The highest BCUT2D eigenvalue weighted by atomic mass is 32.1. The molecule has 1 amide bonds. The molecule has 5 nitrogen and oxygen atoms in total. The molecule has 0 bridgehead atoms. The summed E-state index contributed by atoms with van der Waals surface area (Å²) in [4.78, 5) is 23.2. The van der Waals surface area contributed by atoms with E-state index in [1.165, 1.54) is 12.8 Å². The number of hydrogen-bond donors (Lipinski definition) is 0. The summed E-state index contributed by atoms with van der Waals surface area (Å²) in [5.74, 6) is 0.723. The van der Waals surface area contributed by atoms with E-state index in [0.29, 0.717) is 18.8 Å². The number of hydrogen-bond acceptors (Lipinski definition) is 5. The third-order valence-electron chi connectivity index (χ3n) is 5.20. The van der Waals surface area contributed by atoms with E-state index in [-0.39, 0.29) is 5.91 Å². The van der Waals surface area contributed by atoms with E-state index in [1.807, 2.05) is 52.7 Å². The Balaban J connectivity index is 1.61. The maximum Gasteiger partial charge on any atom is 0.273 e. The number of benzene rings is 1. The number of amides is 1. The number of pyridine rings is 1. The van der Waals surface area contributed by atoms with Gasteiger partial charge >= 0.3 is 0 Å². The minimum Gasteiger partial charge on any atom is -0.496 e. The van der Waals surface area contributed by atoms with Crippen LogP contribution >= 0.6 is 11.3 Å². The molecule has 0 saturated carbocycles. The smallest absolute Gasteiger partial charge is 0.273 e. The van der Waals surface area contributed by atoms with Crippen molar-refractivity contribution in [1.29, 1.82) is 0 Å². The Kier molecular flexibility index (Phi) is 6.10. The molecule has 0 aliphatic carbocycles. The summed E-state index contributed by atoms with van der Waals surface area (Å²) >= 11 is 1.65. The van der Waals surface area contributed by atoms with Crippen molar-refractivity contribution in [2.24, 2.45) is 0 Å². The second-order valence-electron chi connectivity index (χ2n) is 7.15. The third kappa shape index (κ3) is 4.59. The number of aromatic nitrogens is 1. The van der Waals surface area contributed by atoms with Gasteiger partial charge in [0.05, 0.1) is 20.2 Å². The van der Waals surface area contributed by atoms with E-state index in [9.17, 15) is 4.79 Å². The molecule has 1 saturated heterocycles. The fourth-order valence-corrected chi connectivity index (χ4v) is 4.42. The second kappa shape index (κ2) is 9.09. The van der Waals surface area contributed by atoms with Gasteiger partial charge in [-0.1, -0.05) is 24.3 Å². The fourth-order valence-electron chi connectivity index (χ4n) is 3.70. The Bertz CT molecular complexity index is 952. The monoisotopic (exact) mass is 407 g/mol. The highest BCUT2D eigenvalue weighted by Gasteiger charge is 2.21. The molecule has 1 aliphatic heterocycles. The third-order valence-corrected chi connectivity index (χ3v) is 6.06. The van der Waals surface area contributed by atoms with Crippen LogP contribution in [0.5, 0.6) is 5.75 Å². The predicted octanol–water partition coefficient (Wildman–Crippen LogP) is 4.59. The summed E-state index contributed by atoms with van der Waals surface area (Å²) in [6, 6.07) is 15.8. The first-order chi connectivity index (χ1) is 14.2. The molecule has 0 atom stereocenters. The van der Waals surface area contributed by atoms with Crippen molar-refractivity contribution in [1.82, 2.24) is 9.88 Å². The highest BCUT2D eigenvalue weighted by Crippen LogP contribution is 2.24. The van der Waals surface area contributed by atoms with Gasteiger partial charge in [0.25, 0.3) is 5.91 Å². The molecular formula is C23H25N3O2S.